The number of nitro benzene ring substituents is 1. The molecule has 0 aliphatic carbocycles. The first kappa shape index (κ1) is 29.3. The molecule has 0 saturated heterocycles. The predicted octanol–water partition coefficient (Wildman–Crippen LogP) is 6.22. The molecule has 3 aromatic carbocycles. The van der Waals surface area contributed by atoms with Gasteiger partial charge in [-0.15, -0.1) is 0 Å². The number of amides is 2. The number of fused-ring (bicyclic) bond motifs is 1. The van der Waals surface area contributed by atoms with Gasteiger partial charge in [-0.3, -0.25) is 19.7 Å². The zero-order chi connectivity index (χ0) is 29.6. The number of alkyl halides is 3. The summed E-state index contributed by atoms with van der Waals surface area (Å²) in [6.45, 7) is 2.10. The zero-order valence-corrected chi connectivity index (χ0v) is 22.4. The molecule has 11 heteroatoms. The van der Waals surface area contributed by atoms with Gasteiger partial charge in [-0.25, -0.2) is 0 Å². The molecule has 2 amide bonds. The Morgan fingerprint density at radius 1 is 0.951 bits per heavy atom. The maximum absolute atomic E-state index is 13.6. The molecule has 1 heterocycles. The molecule has 4 aromatic rings. The van der Waals surface area contributed by atoms with Gasteiger partial charge in [0.15, 0.2) is 0 Å². The number of rotatable bonds is 11. The number of nitrogens with one attached hydrogen (secondary N) is 1. The molecule has 0 fully saturated rings. The molecule has 8 nitrogen and oxygen atoms in total. The minimum absolute atomic E-state index is 0.0459. The van der Waals surface area contributed by atoms with Crippen LogP contribution in [0, 0.1) is 10.1 Å². The number of hydrogen-bond acceptors (Lipinski definition) is 4. The van der Waals surface area contributed by atoms with Crippen molar-refractivity contribution in [3.05, 3.63) is 111 Å². The van der Waals surface area contributed by atoms with Crippen LogP contribution in [0.2, 0.25) is 0 Å². The third kappa shape index (κ3) is 7.30. The molecular weight excluding hydrogens is 537 g/mol. The number of carbonyl (C=O) groups excluding carboxylic acids is 2. The van der Waals surface area contributed by atoms with Crippen LogP contribution in [0.1, 0.15) is 40.4 Å². The third-order valence-corrected chi connectivity index (χ3v) is 6.74. The largest absolute Gasteiger partial charge is 0.416 e. The van der Waals surface area contributed by atoms with E-state index in [1.165, 1.54) is 46.2 Å². The Labute approximate surface area is 234 Å². The second-order valence-corrected chi connectivity index (χ2v) is 9.65. The van der Waals surface area contributed by atoms with Crippen molar-refractivity contribution in [3.63, 3.8) is 0 Å². The topological polar surface area (TPSA) is 99.6 Å². The molecule has 0 radical (unpaired) electrons. The van der Waals surface area contributed by atoms with E-state index in [2.05, 4.69) is 4.98 Å². The number of nitrogens with zero attached hydrogens (tertiary/aromatic N) is 3. The number of H-pyrrole nitrogens is 1. The molecule has 0 aliphatic heterocycles. The molecule has 0 atom stereocenters. The van der Waals surface area contributed by atoms with Crippen LogP contribution in [0.3, 0.4) is 0 Å². The van der Waals surface area contributed by atoms with E-state index in [9.17, 15) is 32.9 Å². The van der Waals surface area contributed by atoms with Crippen LogP contribution in [0.15, 0.2) is 79.0 Å². The molecule has 0 bridgehead atoms. The van der Waals surface area contributed by atoms with E-state index < -0.39 is 28.5 Å². The first-order chi connectivity index (χ1) is 19.6. The molecule has 0 saturated carbocycles. The molecule has 214 valence electrons. The zero-order valence-electron chi connectivity index (χ0n) is 22.4. The van der Waals surface area contributed by atoms with Crippen molar-refractivity contribution in [1.29, 1.82) is 0 Å². The summed E-state index contributed by atoms with van der Waals surface area (Å²) in [6.07, 6.45) is -1.59. The minimum atomic E-state index is -4.48. The maximum atomic E-state index is 13.6. The van der Waals surface area contributed by atoms with Crippen LogP contribution in [0.5, 0.6) is 0 Å². The SMILES string of the molecule is CCCN(CC(=O)N(CCc1c[nH]c2ccccc12)Cc1ccc(C(F)(F)F)cc1)C(=O)c1cccc([N+](=O)[O-])c1. The van der Waals surface area contributed by atoms with Crippen LogP contribution < -0.4 is 0 Å². The van der Waals surface area contributed by atoms with E-state index in [1.807, 2.05) is 37.4 Å². The van der Waals surface area contributed by atoms with Crippen molar-refractivity contribution in [2.75, 3.05) is 19.6 Å². The van der Waals surface area contributed by atoms with Crippen LogP contribution in [-0.2, 0) is 23.9 Å². The normalized spacial score (nSPS) is 11.4. The van der Waals surface area contributed by atoms with E-state index in [1.54, 1.807) is 0 Å². The lowest BCUT2D eigenvalue weighted by Crippen LogP contribution is -2.43. The summed E-state index contributed by atoms with van der Waals surface area (Å²) in [5.74, 6) is -0.910. The lowest BCUT2D eigenvalue weighted by atomic mass is 10.1. The van der Waals surface area contributed by atoms with Gasteiger partial charge in [-0.2, -0.15) is 13.2 Å². The van der Waals surface area contributed by atoms with Gasteiger partial charge in [-0.1, -0.05) is 43.3 Å². The lowest BCUT2D eigenvalue weighted by Gasteiger charge is -2.28. The molecular formula is C30H29F3N4O4. The first-order valence-electron chi connectivity index (χ1n) is 13.1. The van der Waals surface area contributed by atoms with Crippen molar-refractivity contribution in [2.45, 2.75) is 32.5 Å². The number of aromatic amines is 1. The van der Waals surface area contributed by atoms with Crippen LogP contribution in [0.4, 0.5) is 18.9 Å². The summed E-state index contributed by atoms with van der Waals surface area (Å²) in [7, 11) is 0. The number of nitro groups is 1. The summed E-state index contributed by atoms with van der Waals surface area (Å²) < 4.78 is 39.2. The lowest BCUT2D eigenvalue weighted by molar-refractivity contribution is -0.384. The third-order valence-electron chi connectivity index (χ3n) is 6.74. The summed E-state index contributed by atoms with van der Waals surface area (Å²) in [5, 5.41) is 12.2. The Morgan fingerprint density at radius 2 is 1.68 bits per heavy atom. The molecule has 41 heavy (non-hydrogen) atoms. The highest BCUT2D eigenvalue weighted by atomic mass is 19.4. The number of halogens is 3. The molecule has 1 aromatic heterocycles. The highest BCUT2D eigenvalue weighted by Crippen LogP contribution is 2.29. The smallest absolute Gasteiger partial charge is 0.361 e. The summed E-state index contributed by atoms with van der Waals surface area (Å²) in [4.78, 5) is 43.6. The monoisotopic (exact) mass is 566 g/mol. The van der Waals surface area contributed by atoms with Gasteiger partial charge in [-0.05, 0) is 48.2 Å². The van der Waals surface area contributed by atoms with E-state index in [-0.39, 0.29) is 37.4 Å². The average Bonchev–Trinajstić information content (AvgIpc) is 3.37. The number of hydrogen-bond donors (Lipinski definition) is 1. The van der Waals surface area contributed by atoms with Gasteiger partial charge in [0.25, 0.3) is 11.6 Å². The number of carbonyl (C=O) groups is 2. The predicted molar refractivity (Wildman–Crippen MR) is 148 cm³/mol. The fourth-order valence-corrected chi connectivity index (χ4v) is 4.63. The van der Waals surface area contributed by atoms with E-state index in [0.29, 0.717) is 18.4 Å². The highest BCUT2D eigenvalue weighted by Gasteiger charge is 2.30. The van der Waals surface area contributed by atoms with Gasteiger partial charge >= 0.3 is 6.18 Å². The molecule has 4 rings (SSSR count). The molecule has 1 N–H and O–H groups in total. The average molecular weight is 567 g/mol. The molecule has 0 spiro atoms. The first-order valence-corrected chi connectivity index (χ1v) is 13.1. The van der Waals surface area contributed by atoms with Crippen molar-refractivity contribution in [2.24, 2.45) is 0 Å². The summed E-state index contributed by atoms with van der Waals surface area (Å²) in [5.41, 5.74) is 1.51. The number of para-hydroxylation sites is 1. The van der Waals surface area contributed by atoms with Gasteiger partial charge in [0.1, 0.15) is 6.54 Å². The fraction of sp³-hybridized carbons (Fsp3) is 0.267. The van der Waals surface area contributed by atoms with Crippen molar-refractivity contribution >= 4 is 28.4 Å². The summed E-state index contributed by atoms with van der Waals surface area (Å²) in [6, 6.07) is 17.7. The maximum Gasteiger partial charge on any atom is 0.416 e. The highest BCUT2D eigenvalue weighted by molar-refractivity contribution is 5.97. The molecule has 0 aliphatic rings. The van der Waals surface area contributed by atoms with Gasteiger partial charge in [0, 0.05) is 54.4 Å². The van der Waals surface area contributed by atoms with Gasteiger partial charge < -0.3 is 14.8 Å². The van der Waals surface area contributed by atoms with Crippen LogP contribution in [-0.4, -0.2) is 51.2 Å². The van der Waals surface area contributed by atoms with Crippen molar-refractivity contribution in [3.8, 4) is 0 Å². The Bertz CT molecular complexity index is 1530. The Hall–Kier alpha value is -4.67. The van der Waals surface area contributed by atoms with Crippen LogP contribution >= 0.6 is 0 Å². The number of benzene rings is 3. The number of non-ortho nitro benzene ring substituents is 1. The second-order valence-electron chi connectivity index (χ2n) is 9.65. The van der Waals surface area contributed by atoms with E-state index >= 15 is 0 Å². The van der Waals surface area contributed by atoms with Gasteiger partial charge in [0.2, 0.25) is 5.91 Å². The fourth-order valence-electron chi connectivity index (χ4n) is 4.63. The van der Waals surface area contributed by atoms with Crippen molar-refractivity contribution in [1.82, 2.24) is 14.8 Å². The van der Waals surface area contributed by atoms with Gasteiger partial charge in [0.05, 0.1) is 10.5 Å². The minimum Gasteiger partial charge on any atom is -0.361 e. The van der Waals surface area contributed by atoms with Crippen molar-refractivity contribution < 1.29 is 27.7 Å². The summed E-state index contributed by atoms with van der Waals surface area (Å²) >= 11 is 0. The van der Waals surface area contributed by atoms with E-state index in [4.69, 9.17) is 0 Å². The van der Waals surface area contributed by atoms with Crippen LogP contribution in [0.25, 0.3) is 10.9 Å². The Morgan fingerprint density at radius 3 is 2.37 bits per heavy atom. The molecule has 0 unspecified atom stereocenters. The standard InChI is InChI=1S/C30H29F3N4O4/c1-2-15-36(29(39)22-6-5-7-25(17-22)37(40)41)20-28(38)35(19-21-10-12-24(13-11-21)30(31,32)33)16-14-23-18-34-27-9-4-3-8-26(23)27/h3-13,17-18,34H,2,14-16,19-20H2,1H3. The second kappa shape index (κ2) is 12.7. The quantitative estimate of drug-likeness (QED) is 0.172. The van der Waals surface area contributed by atoms with E-state index in [0.717, 1.165) is 28.6 Å². The Kier molecular flexibility index (Phi) is 9.06. The Balaban J connectivity index is 1.56. The number of aromatic nitrogens is 1.